The van der Waals surface area contributed by atoms with E-state index in [4.69, 9.17) is 9.16 Å². The Kier molecular flexibility index (Phi) is 8.59. The van der Waals surface area contributed by atoms with Crippen molar-refractivity contribution < 1.29 is 17.6 Å². The third-order valence-electron chi connectivity index (χ3n) is 6.20. The lowest BCUT2D eigenvalue weighted by Gasteiger charge is -2.36. The first-order valence-electron chi connectivity index (χ1n) is 11.4. The first kappa shape index (κ1) is 28.0. The lowest BCUT2D eigenvalue weighted by molar-refractivity contribution is 0.202. The van der Waals surface area contributed by atoms with Crippen molar-refractivity contribution in [3.63, 3.8) is 0 Å². The van der Waals surface area contributed by atoms with E-state index in [-0.39, 0.29) is 10.5 Å². The summed E-state index contributed by atoms with van der Waals surface area (Å²) in [7, 11) is -4.44. The van der Waals surface area contributed by atoms with Crippen molar-refractivity contribution in [1.29, 1.82) is 0 Å². The fraction of sp³-hybridized carbons (Fsp3) is 0.538. The highest BCUT2D eigenvalue weighted by molar-refractivity contribution is 8.72. The normalized spacial score (nSPS) is 13.3. The second-order valence-corrected chi connectivity index (χ2v) is 19.8. The Labute approximate surface area is 205 Å². The number of benzene rings is 2. The molecule has 0 saturated heterocycles. The van der Waals surface area contributed by atoms with E-state index in [1.54, 1.807) is 12.1 Å². The number of hydrogen-bond acceptors (Lipinski definition) is 5. The van der Waals surface area contributed by atoms with Gasteiger partial charge < -0.3 is 9.16 Å². The molecule has 7 heteroatoms. The summed E-state index contributed by atoms with van der Waals surface area (Å²) in [4.78, 5) is 1.06. The summed E-state index contributed by atoms with van der Waals surface area (Å²) in [5.74, 6) is 0.774. The van der Waals surface area contributed by atoms with Crippen LogP contribution in [0.15, 0.2) is 46.2 Å². The van der Waals surface area contributed by atoms with Crippen LogP contribution in [0.1, 0.15) is 58.2 Å². The largest absolute Gasteiger partial charge is 0.491 e. The highest BCUT2D eigenvalue weighted by Crippen LogP contribution is 2.41. The van der Waals surface area contributed by atoms with E-state index in [1.807, 2.05) is 38.1 Å². The first-order chi connectivity index (χ1) is 14.9. The van der Waals surface area contributed by atoms with Gasteiger partial charge in [-0.15, -0.1) is 0 Å². The molecule has 0 N–H and O–H groups in total. The van der Waals surface area contributed by atoms with Gasteiger partial charge in [0.15, 0.2) is 8.32 Å². The van der Waals surface area contributed by atoms with Gasteiger partial charge in [-0.1, -0.05) is 59.2 Å². The van der Waals surface area contributed by atoms with Gasteiger partial charge in [0.1, 0.15) is 12.4 Å². The van der Waals surface area contributed by atoms with Crippen LogP contribution in [0, 0.1) is 13.8 Å². The molecule has 2 rings (SSSR count). The van der Waals surface area contributed by atoms with E-state index in [2.05, 4.69) is 54.6 Å². The minimum absolute atomic E-state index is 0.157. The topological polar surface area (TPSA) is 52.6 Å². The second kappa shape index (κ2) is 10.1. The van der Waals surface area contributed by atoms with Crippen LogP contribution >= 0.6 is 10.8 Å². The monoisotopic (exact) mass is 508 g/mol. The van der Waals surface area contributed by atoms with Crippen LogP contribution in [-0.2, 0) is 18.7 Å². The summed E-state index contributed by atoms with van der Waals surface area (Å²) >= 11 is 0. The highest BCUT2D eigenvalue weighted by Gasteiger charge is 2.37. The number of ether oxygens (including phenoxy) is 1. The van der Waals surface area contributed by atoms with Crippen LogP contribution in [0.3, 0.4) is 0 Å². The Hall–Kier alpha value is -1.28. The standard InChI is InChI=1S/C26H40O4S2Si/c1-19-11-13-21(14-12-19)32(27,28)31-24-17-20(2)23(18-22(24)25(3,4)5)29-15-16-30-33(9,10)26(6,7)8/h11-14,17-18H,15-16H2,1-10H3. The number of rotatable bonds is 8. The van der Waals surface area contributed by atoms with Crippen LogP contribution in [0.4, 0.5) is 0 Å². The van der Waals surface area contributed by atoms with E-state index < -0.39 is 17.2 Å². The Morgan fingerprint density at radius 3 is 2.00 bits per heavy atom. The molecule has 0 aliphatic carbocycles. The Morgan fingerprint density at radius 2 is 1.48 bits per heavy atom. The predicted molar refractivity (Wildman–Crippen MR) is 143 cm³/mol. The summed E-state index contributed by atoms with van der Waals surface area (Å²) in [6.45, 7) is 22.3. The fourth-order valence-electron chi connectivity index (χ4n) is 3.01. The van der Waals surface area contributed by atoms with Crippen molar-refractivity contribution in [1.82, 2.24) is 0 Å². The molecule has 184 valence electrons. The molecule has 0 amide bonds. The molecule has 0 radical (unpaired) electrons. The molecular formula is C26H40O4S2Si. The van der Waals surface area contributed by atoms with Crippen LogP contribution in [0.2, 0.25) is 18.1 Å². The zero-order chi connectivity index (χ0) is 25.2. The van der Waals surface area contributed by atoms with Crippen molar-refractivity contribution in [3.8, 4) is 5.75 Å². The molecule has 0 aliphatic heterocycles. The predicted octanol–water partition coefficient (Wildman–Crippen LogP) is 7.48. The quantitative estimate of drug-likeness (QED) is 0.210. The van der Waals surface area contributed by atoms with Gasteiger partial charge in [0.2, 0.25) is 8.87 Å². The first-order valence-corrected chi connectivity index (χ1v) is 17.1. The van der Waals surface area contributed by atoms with Crippen molar-refractivity contribution in [2.75, 3.05) is 13.2 Å². The minimum Gasteiger partial charge on any atom is -0.491 e. The zero-order valence-electron chi connectivity index (χ0n) is 21.8. The van der Waals surface area contributed by atoms with Crippen LogP contribution in [0.5, 0.6) is 5.75 Å². The molecule has 2 aromatic rings. The van der Waals surface area contributed by atoms with E-state index in [0.717, 1.165) is 38.1 Å². The molecule has 0 aromatic heterocycles. The molecule has 0 unspecified atom stereocenters. The molecular weight excluding hydrogens is 469 g/mol. The Balaban J connectivity index is 2.25. The van der Waals surface area contributed by atoms with Crippen molar-refractivity contribution in [2.24, 2.45) is 0 Å². The maximum atomic E-state index is 13.1. The van der Waals surface area contributed by atoms with E-state index in [0.29, 0.717) is 18.1 Å². The molecule has 0 heterocycles. The van der Waals surface area contributed by atoms with E-state index >= 15 is 0 Å². The number of aryl methyl sites for hydroxylation is 2. The second-order valence-electron chi connectivity index (χ2n) is 11.2. The molecule has 0 bridgehead atoms. The van der Waals surface area contributed by atoms with Gasteiger partial charge in [0.05, 0.1) is 11.5 Å². The van der Waals surface area contributed by atoms with Gasteiger partial charge in [-0.3, -0.25) is 0 Å². The molecule has 0 fully saturated rings. The Bertz CT molecular complexity index is 1060. The van der Waals surface area contributed by atoms with Gasteiger partial charge in [-0.05, 0) is 72.8 Å². The highest BCUT2D eigenvalue weighted by atomic mass is 33.1. The van der Waals surface area contributed by atoms with Crippen molar-refractivity contribution in [2.45, 2.75) is 88.7 Å². The smallest absolute Gasteiger partial charge is 0.234 e. The third-order valence-corrected chi connectivity index (χ3v) is 14.1. The minimum atomic E-state index is -3.53. The van der Waals surface area contributed by atoms with Crippen molar-refractivity contribution in [3.05, 3.63) is 53.1 Å². The average Bonchev–Trinajstić information content (AvgIpc) is 2.64. The van der Waals surface area contributed by atoms with Gasteiger partial charge >= 0.3 is 0 Å². The number of hydrogen-bond donors (Lipinski definition) is 0. The maximum absolute atomic E-state index is 13.1. The van der Waals surface area contributed by atoms with Gasteiger partial charge in [0, 0.05) is 15.7 Å². The molecule has 0 aliphatic rings. The molecule has 2 aromatic carbocycles. The summed E-state index contributed by atoms with van der Waals surface area (Å²) in [5.41, 5.74) is 2.66. The van der Waals surface area contributed by atoms with Crippen LogP contribution in [-0.4, -0.2) is 29.9 Å². The molecule has 0 atom stereocenters. The summed E-state index contributed by atoms with van der Waals surface area (Å²) in [6, 6.07) is 10.9. The Morgan fingerprint density at radius 1 is 0.909 bits per heavy atom. The zero-order valence-corrected chi connectivity index (χ0v) is 24.5. The molecule has 33 heavy (non-hydrogen) atoms. The average molecular weight is 509 g/mol. The SMILES string of the molecule is Cc1ccc(S(=O)(=O)Sc2cc(C)c(OCCO[Si](C)(C)C(C)(C)C)cc2C(C)(C)C)cc1. The lowest BCUT2D eigenvalue weighted by atomic mass is 9.86. The van der Waals surface area contributed by atoms with Gasteiger partial charge in [0.25, 0.3) is 0 Å². The molecule has 0 saturated carbocycles. The molecule has 0 spiro atoms. The van der Waals surface area contributed by atoms with E-state index in [1.165, 1.54) is 0 Å². The van der Waals surface area contributed by atoms with Gasteiger partial charge in [-0.25, -0.2) is 8.42 Å². The third kappa shape index (κ3) is 7.35. The van der Waals surface area contributed by atoms with E-state index in [9.17, 15) is 8.42 Å². The van der Waals surface area contributed by atoms with Gasteiger partial charge in [-0.2, -0.15) is 0 Å². The van der Waals surface area contributed by atoms with Crippen molar-refractivity contribution >= 4 is 28.0 Å². The maximum Gasteiger partial charge on any atom is 0.234 e. The lowest BCUT2D eigenvalue weighted by Crippen LogP contribution is -2.41. The molecule has 4 nitrogen and oxygen atoms in total. The van der Waals surface area contributed by atoms with Crippen LogP contribution < -0.4 is 4.74 Å². The summed E-state index contributed by atoms with van der Waals surface area (Å²) in [6.07, 6.45) is 0. The summed E-state index contributed by atoms with van der Waals surface area (Å²) in [5, 5.41) is 0.157. The fourth-order valence-corrected chi connectivity index (χ4v) is 7.26. The van der Waals surface area contributed by atoms with Crippen LogP contribution in [0.25, 0.3) is 0 Å². The summed E-state index contributed by atoms with van der Waals surface area (Å²) < 4.78 is 38.5.